The molecule has 94 valence electrons. The van der Waals surface area contributed by atoms with E-state index in [0.29, 0.717) is 6.07 Å². The molecule has 0 radical (unpaired) electrons. The lowest BCUT2D eigenvalue weighted by Gasteiger charge is -2.12. The molecule has 0 fully saturated rings. The molecule has 0 aliphatic carbocycles. The van der Waals surface area contributed by atoms with Crippen molar-refractivity contribution >= 4 is 11.6 Å². The third-order valence-electron chi connectivity index (χ3n) is 1.76. The van der Waals surface area contributed by atoms with Gasteiger partial charge in [0.05, 0.1) is 12.8 Å². The number of nitrogens with one attached hydrogen (secondary N) is 1. The number of methoxy groups -OCH3 is 1. The molecule has 8 heteroatoms. The summed E-state index contributed by atoms with van der Waals surface area (Å²) in [6.45, 7) is 0. The fourth-order valence-electron chi connectivity index (χ4n) is 1.02. The predicted octanol–water partition coefficient (Wildman–Crippen LogP) is 2.47. The summed E-state index contributed by atoms with van der Waals surface area (Å²) in [5, 5.41) is 1.37. The van der Waals surface area contributed by atoms with Crippen LogP contribution in [0, 0.1) is 11.6 Å². The van der Waals surface area contributed by atoms with Crippen molar-refractivity contribution in [1.82, 2.24) is 0 Å². The molecule has 1 aromatic carbocycles. The van der Waals surface area contributed by atoms with E-state index in [0.717, 1.165) is 13.2 Å². The van der Waals surface area contributed by atoms with Crippen molar-refractivity contribution in [2.75, 3.05) is 12.4 Å². The number of hydrogen-bond acceptors (Lipinski definition) is 2. The van der Waals surface area contributed by atoms with Crippen molar-refractivity contribution in [2.45, 2.75) is 6.18 Å². The molecule has 17 heavy (non-hydrogen) atoms. The number of benzene rings is 1. The van der Waals surface area contributed by atoms with E-state index in [-0.39, 0.29) is 0 Å². The van der Waals surface area contributed by atoms with Gasteiger partial charge in [0.1, 0.15) is 0 Å². The Bertz CT molecular complexity index is 444. The number of ether oxygens (including phenoxy) is 1. The van der Waals surface area contributed by atoms with Gasteiger partial charge in [-0.15, -0.1) is 0 Å². The highest BCUT2D eigenvalue weighted by atomic mass is 19.4. The van der Waals surface area contributed by atoms with Crippen LogP contribution in [0.25, 0.3) is 0 Å². The van der Waals surface area contributed by atoms with Gasteiger partial charge in [0.15, 0.2) is 11.6 Å². The monoisotopic (exact) mass is 255 g/mol. The van der Waals surface area contributed by atoms with E-state index in [9.17, 15) is 26.7 Å². The summed E-state index contributed by atoms with van der Waals surface area (Å²) in [4.78, 5) is 10.6. The van der Waals surface area contributed by atoms with E-state index in [4.69, 9.17) is 0 Å². The van der Waals surface area contributed by atoms with Crippen LogP contribution < -0.4 is 10.1 Å². The molecule has 1 rings (SSSR count). The van der Waals surface area contributed by atoms with Crippen molar-refractivity contribution in [3.8, 4) is 5.75 Å². The Balaban J connectivity index is 3.08. The number of alkyl halides is 3. The van der Waals surface area contributed by atoms with E-state index in [1.165, 1.54) is 5.32 Å². The van der Waals surface area contributed by atoms with Gasteiger partial charge in [0.2, 0.25) is 5.82 Å². The first-order chi connectivity index (χ1) is 7.77. The maximum absolute atomic E-state index is 13.1. The average molecular weight is 255 g/mol. The van der Waals surface area contributed by atoms with Crippen LogP contribution in [0.5, 0.6) is 5.75 Å². The van der Waals surface area contributed by atoms with Crippen LogP contribution in [0.1, 0.15) is 0 Å². The van der Waals surface area contributed by atoms with Gasteiger partial charge in [0, 0.05) is 0 Å². The van der Waals surface area contributed by atoms with Crippen molar-refractivity contribution in [3.63, 3.8) is 0 Å². The Kier molecular flexibility index (Phi) is 3.54. The van der Waals surface area contributed by atoms with Crippen LogP contribution in [-0.4, -0.2) is 19.2 Å². The standard InChI is InChI=1S/C9H6F5NO2/c1-17-7-5(3-2-4(10)6(7)11)15-8(16)9(12,13)14/h2-3H,1H3,(H,15,16). The molecule has 0 unspecified atom stereocenters. The minimum atomic E-state index is -5.13. The molecule has 0 aliphatic rings. The summed E-state index contributed by atoms with van der Waals surface area (Å²) < 4.78 is 66.0. The molecule has 0 aromatic heterocycles. The minimum absolute atomic E-state index is 0.573. The number of amides is 1. The lowest BCUT2D eigenvalue weighted by atomic mass is 10.2. The SMILES string of the molecule is COc1c(NC(=O)C(F)(F)F)ccc(F)c1F. The number of halogens is 5. The zero-order valence-electron chi connectivity index (χ0n) is 8.36. The highest BCUT2D eigenvalue weighted by Gasteiger charge is 2.39. The Morgan fingerprint density at radius 3 is 2.35 bits per heavy atom. The van der Waals surface area contributed by atoms with Gasteiger partial charge in [-0.1, -0.05) is 0 Å². The molecule has 1 aromatic rings. The summed E-state index contributed by atoms with van der Waals surface area (Å²) in [6, 6.07) is 1.34. The molecule has 0 spiro atoms. The second-order valence-corrected chi connectivity index (χ2v) is 2.89. The van der Waals surface area contributed by atoms with E-state index >= 15 is 0 Å². The summed E-state index contributed by atoms with van der Waals surface area (Å²) >= 11 is 0. The molecule has 0 atom stereocenters. The largest absolute Gasteiger partial charge is 0.491 e. The first-order valence-electron chi connectivity index (χ1n) is 4.17. The lowest BCUT2D eigenvalue weighted by molar-refractivity contribution is -0.167. The van der Waals surface area contributed by atoms with E-state index in [2.05, 4.69) is 4.74 Å². The van der Waals surface area contributed by atoms with Gasteiger partial charge in [-0.3, -0.25) is 4.79 Å². The predicted molar refractivity (Wildman–Crippen MR) is 47.6 cm³/mol. The number of carbonyl (C=O) groups excluding carboxylic acids is 1. The first-order valence-corrected chi connectivity index (χ1v) is 4.17. The summed E-state index contributed by atoms with van der Waals surface area (Å²) in [7, 11) is 0.932. The number of rotatable bonds is 2. The average Bonchev–Trinajstić information content (AvgIpc) is 2.22. The Hall–Kier alpha value is -1.86. The van der Waals surface area contributed by atoms with Crippen LogP contribution in [0.3, 0.4) is 0 Å². The number of hydrogen-bond donors (Lipinski definition) is 1. The molecule has 0 saturated heterocycles. The quantitative estimate of drug-likeness (QED) is 0.824. The Morgan fingerprint density at radius 2 is 1.88 bits per heavy atom. The third-order valence-corrected chi connectivity index (χ3v) is 1.76. The molecule has 0 bridgehead atoms. The Labute approximate surface area is 92.2 Å². The van der Waals surface area contributed by atoms with E-state index < -0.39 is 35.2 Å². The number of carbonyl (C=O) groups is 1. The van der Waals surface area contributed by atoms with Gasteiger partial charge in [-0.25, -0.2) is 4.39 Å². The topological polar surface area (TPSA) is 38.3 Å². The second-order valence-electron chi connectivity index (χ2n) is 2.89. The summed E-state index contributed by atoms with van der Waals surface area (Å²) in [5.74, 6) is -5.89. The molecule has 1 N–H and O–H groups in total. The van der Waals surface area contributed by atoms with Crippen molar-refractivity contribution in [3.05, 3.63) is 23.8 Å². The van der Waals surface area contributed by atoms with Crippen molar-refractivity contribution in [1.29, 1.82) is 0 Å². The molecule has 0 aliphatic heterocycles. The van der Waals surface area contributed by atoms with Gasteiger partial charge >= 0.3 is 12.1 Å². The number of anilines is 1. The second kappa shape index (κ2) is 4.56. The van der Waals surface area contributed by atoms with Crippen LogP contribution in [0.4, 0.5) is 27.6 Å². The highest BCUT2D eigenvalue weighted by molar-refractivity contribution is 5.96. The Morgan fingerprint density at radius 1 is 1.29 bits per heavy atom. The molecule has 0 heterocycles. The maximum Gasteiger partial charge on any atom is 0.471 e. The van der Waals surface area contributed by atoms with Crippen LogP contribution in [0.15, 0.2) is 12.1 Å². The normalized spacial score (nSPS) is 11.2. The van der Waals surface area contributed by atoms with Crippen molar-refractivity contribution in [2.24, 2.45) is 0 Å². The third kappa shape index (κ3) is 2.83. The zero-order chi connectivity index (χ0) is 13.2. The van der Waals surface area contributed by atoms with Crippen molar-refractivity contribution < 1.29 is 31.5 Å². The first kappa shape index (κ1) is 13.2. The molecule has 3 nitrogen and oxygen atoms in total. The smallest absolute Gasteiger partial charge is 0.471 e. The van der Waals surface area contributed by atoms with E-state index in [1.807, 2.05) is 0 Å². The molecule has 0 saturated carbocycles. The highest BCUT2D eigenvalue weighted by Crippen LogP contribution is 2.30. The van der Waals surface area contributed by atoms with Crippen LogP contribution >= 0.6 is 0 Å². The fourth-order valence-corrected chi connectivity index (χ4v) is 1.02. The molecular formula is C9H6F5NO2. The summed E-state index contributed by atoms with van der Waals surface area (Å²) in [6.07, 6.45) is -5.13. The van der Waals surface area contributed by atoms with Crippen LogP contribution in [-0.2, 0) is 4.79 Å². The summed E-state index contributed by atoms with van der Waals surface area (Å²) in [5.41, 5.74) is -0.603. The maximum atomic E-state index is 13.1. The minimum Gasteiger partial charge on any atom is -0.491 e. The van der Waals surface area contributed by atoms with Gasteiger partial charge in [-0.05, 0) is 12.1 Å². The van der Waals surface area contributed by atoms with Gasteiger partial charge < -0.3 is 10.1 Å². The van der Waals surface area contributed by atoms with Gasteiger partial charge in [-0.2, -0.15) is 17.6 Å². The zero-order valence-corrected chi connectivity index (χ0v) is 8.36. The lowest BCUT2D eigenvalue weighted by Crippen LogP contribution is -2.30. The molecule has 1 amide bonds. The van der Waals surface area contributed by atoms with Crippen LogP contribution in [0.2, 0.25) is 0 Å². The fraction of sp³-hybridized carbons (Fsp3) is 0.222. The molecular weight excluding hydrogens is 249 g/mol. The van der Waals surface area contributed by atoms with Gasteiger partial charge in [0.25, 0.3) is 0 Å². The van der Waals surface area contributed by atoms with E-state index in [1.54, 1.807) is 0 Å².